The van der Waals surface area contributed by atoms with Gasteiger partial charge in [0.05, 0.1) is 11.1 Å². The van der Waals surface area contributed by atoms with Gasteiger partial charge in [0, 0.05) is 64.7 Å². The first-order valence-corrected chi connectivity index (χ1v) is 10.4. The highest BCUT2D eigenvalue weighted by atomic mass is 16.6. The standard InChI is InChI=1S/C23H32N4O5/c1-14-20(21-24-23(2,3)13-31-21)16-9-15(30-12-19(28)25(4)5)10-18(17(16)11-27(14)8)32-22(29)26(6)7/h9-10H,11-13H2,1-8H3. The van der Waals surface area contributed by atoms with Crippen LogP contribution in [-0.2, 0) is 16.1 Å². The van der Waals surface area contributed by atoms with Gasteiger partial charge >= 0.3 is 6.09 Å². The first-order chi connectivity index (χ1) is 14.9. The molecule has 0 fully saturated rings. The molecule has 0 saturated heterocycles. The lowest BCUT2D eigenvalue weighted by atomic mass is 9.92. The zero-order valence-electron chi connectivity index (χ0n) is 20.1. The fraction of sp³-hybridized carbons (Fsp3) is 0.522. The van der Waals surface area contributed by atoms with Crippen molar-refractivity contribution in [3.8, 4) is 11.5 Å². The fourth-order valence-electron chi connectivity index (χ4n) is 3.36. The van der Waals surface area contributed by atoms with Gasteiger partial charge in [-0.3, -0.25) is 4.79 Å². The number of carbonyl (C=O) groups excluding carboxylic acids is 2. The van der Waals surface area contributed by atoms with E-state index in [9.17, 15) is 9.59 Å². The van der Waals surface area contributed by atoms with Crippen molar-refractivity contribution in [2.45, 2.75) is 32.9 Å². The maximum atomic E-state index is 12.4. The summed E-state index contributed by atoms with van der Waals surface area (Å²) in [5, 5.41) is 0. The van der Waals surface area contributed by atoms with E-state index in [2.05, 4.69) is 4.90 Å². The number of carbonyl (C=O) groups is 2. The van der Waals surface area contributed by atoms with Crippen LogP contribution in [0.4, 0.5) is 4.79 Å². The van der Waals surface area contributed by atoms with E-state index in [1.54, 1.807) is 34.3 Å². The van der Waals surface area contributed by atoms with Crippen molar-refractivity contribution < 1.29 is 23.8 Å². The molecular weight excluding hydrogens is 412 g/mol. The lowest BCUT2D eigenvalue weighted by Crippen LogP contribution is -2.29. The molecule has 0 spiro atoms. The summed E-state index contributed by atoms with van der Waals surface area (Å²) in [6.45, 7) is 6.92. The highest BCUT2D eigenvalue weighted by Gasteiger charge is 2.34. The summed E-state index contributed by atoms with van der Waals surface area (Å²) < 4.78 is 17.4. The van der Waals surface area contributed by atoms with Crippen LogP contribution in [0, 0.1) is 0 Å². The molecule has 1 aromatic carbocycles. The zero-order valence-corrected chi connectivity index (χ0v) is 20.1. The Labute approximate surface area is 189 Å². The average Bonchev–Trinajstić information content (AvgIpc) is 3.06. The predicted molar refractivity (Wildman–Crippen MR) is 122 cm³/mol. The molecule has 2 aliphatic rings. The van der Waals surface area contributed by atoms with Crippen molar-refractivity contribution in [1.82, 2.24) is 14.7 Å². The Balaban J connectivity index is 2.12. The van der Waals surface area contributed by atoms with Gasteiger partial charge in [-0.25, -0.2) is 9.79 Å². The van der Waals surface area contributed by atoms with Crippen LogP contribution in [0.15, 0.2) is 22.8 Å². The second kappa shape index (κ2) is 8.72. The molecule has 2 heterocycles. The van der Waals surface area contributed by atoms with Crippen LogP contribution in [0.3, 0.4) is 0 Å². The molecule has 0 N–H and O–H groups in total. The first kappa shape index (κ1) is 23.4. The maximum absolute atomic E-state index is 12.4. The van der Waals surface area contributed by atoms with Crippen LogP contribution in [0.1, 0.15) is 31.9 Å². The molecule has 3 rings (SSSR count). The number of rotatable bonds is 5. The normalized spacial score (nSPS) is 16.8. The molecule has 9 nitrogen and oxygen atoms in total. The van der Waals surface area contributed by atoms with Gasteiger partial charge in [0.25, 0.3) is 5.91 Å². The quantitative estimate of drug-likeness (QED) is 0.694. The molecule has 1 aromatic rings. The Morgan fingerprint density at radius 1 is 1.19 bits per heavy atom. The van der Waals surface area contributed by atoms with E-state index in [4.69, 9.17) is 19.2 Å². The average molecular weight is 445 g/mol. The van der Waals surface area contributed by atoms with Crippen LogP contribution in [0.25, 0.3) is 5.57 Å². The monoisotopic (exact) mass is 444 g/mol. The summed E-state index contributed by atoms with van der Waals surface area (Å²) in [6, 6.07) is 3.50. The van der Waals surface area contributed by atoms with Gasteiger partial charge in [0.15, 0.2) is 6.61 Å². The summed E-state index contributed by atoms with van der Waals surface area (Å²) in [7, 11) is 8.54. The number of amides is 2. The SMILES string of the molecule is CC1=C(C2=NC(C)(C)CO2)c2cc(OCC(=O)N(C)C)cc(OC(=O)N(C)C)c2CN1C. The van der Waals surface area contributed by atoms with Gasteiger partial charge in [0.2, 0.25) is 5.90 Å². The fourth-order valence-corrected chi connectivity index (χ4v) is 3.36. The molecule has 0 atom stereocenters. The summed E-state index contributed by atoms with van der Waals surface area (Å²) in [4.78, 5) is 34.1. The molecule has 0 unspecified atom stereocenters. The summed E-state index contributed by atoms with van der Waals surface area (Å²) in [6.07, 6.45) is -0.500. The third kappa shape index (κ3) is 4.81. The van der Waals surface area contributed by atoms with Crippen molar-refractivity contribution in [2.75, 3.05) is 48.5 Å². The van der Waals surface area contributed by atoms with E-state index >= 15 is 0 Å². The van der Waals surface area contributed by atoms with Crippen LogP contribution >= 0.6 is 0 Å². The maximum Gasteiger partial charge on any atom is 0.414 e. The second-order valence-corrected chi connectivity index (χ2v) is 9.12. The number of fused-ring (bicyclic) bond motifs is 1. The molecule has 0 aliphatic carbocycles. The summed E-state index contributed by atoms with van der Waals surface area (Å²) in [5.41, 5.74) is 3.12. The van der Waals surface area contributed by atoms with E-state index in [0.717, 1.165) is 22.4 Å². The molecule has 0 bridgehead atoms. The minimum Gasteiger partial charge on any atom is -0.484 e. The summed E-state index contributed by atoms with van der Waals surface area (Å²) in [5.74, 6) is 1.18. The largest absolute Gasteiger partial charge is 0.484 e. The van der Waals surface area contributed by atoms with Crippen molar-refractivity contribution in [2.24, 2.45) is 4.99 Å². The Kier molecular flexibility index (Phi) is 6.39. The van der Waals surface area contributed by atoms with E-state index < -0.39 is 6.09 Å². The Hall–Kier alpha value is -3.23. The number of nitrogens with zero attached hydrogens (tertiary/aromatic N) is 4. The van der Waals surface area contributed by atoms with Gasteiger partial charge in [-0.1, -0.05) is 0 Å². The van der Waals surface area contributed by atoms with Crippen LogP contribution in [0.2, 0.25) is 0 Å². The minimum atomic E-state index is -0.500. The third-order valence-electron chi connectivity index (χ3n) is 5.39. The Morgan fingerprint density at radius 2 is 1.88 bits per heavy atom. The molecule has 2 aliphatic heterocycles. The molecule has 0 saturated carbocycles. The van der Waals surface area contributed by atoms with E-state index in [1.807, 2.05) is 33.9 Å². The van der Waals surface area contributed by atoms with Gasteiger partial charge in [0.1, 0.15) is 18.1 Å². The highest BCUT2D eigenvalue weighted by molar-refractivity contribution is 6.22. The van der Waals surface area contributed by atoms with Gasteiger partial charge in [-0.2, -0.15) is 0 Å². The van der Waals surface area contributed by atoms with E-state index in [0.29, 0.717) is 30.5 Å². The lowest BCUT2D eigenvalue weighted by molar-refractivity contribution is -0.130. The third-order valence-corrected chi connectivity index (χ3v) is 5.39. The molecule has 2 amide bonds. The van der Waals surface area contributed by atoms with Crippen molar-refractivity contribution in [3.05, 3.63) is 29.0 Å². The number of ether oxygens (including phenoxy) is 3. The zero-order chi connectivity index (χ0) is 23.8. The van der Waals surface area contributed by atoms with Gasteiger partial charge < -0.3 is 28.9 Å². The number of likely N-dealkylation sites (N-methyl/N-ethyl adjacent to an activating group) is 1. The van der Waals surface area contributed by atoms with Crippen LogP contribution < -0.4 is 9.47 Å². The highest BCUT2D eigenvalue weighted by Crippen LogP contribution is 2.41. The molecular formula is C23H32N4O5. The molecule has 0 aromatic heterocycles. The van der Waals surface area contributed by atoms with E-state index in [1.165, 1.54) is 9.80 Å². The van der Waals surface area contributed by atoms with E-state index in [-0.39, 0.29) is 18.1 Å². The number of aliphatic imine (C=N–C) groups is 1. The number of benzene rings is 1. The minimum absolute atomic E-state index is 0.130. The topological polar surface area (TPSA) is 83.9 Å². The first-order valence-electron chi connectivity index (χ1n) is 10.4. The van der Waals surface area contributed by atoms with Crippen molar-refractivity contribution >= 4 is 23.5 Å². The smallest absolute Gasteiger partial charge is 0.414 e. The van der Waals surface area contributed by atoms with Gasteiger partial charge in [-0.15, -0.1) is 0 Å². The lowest BCUT2D eigenvalue weighted by Gasteiger charge is -2.32. The Morgan fingerprint density at radius 3 is 2.44 bits per heavy atom. The van der Waals surface area contributed by atoms with Crippen LogP contribution in [0.5, 0.6) is 11.5 Å². The number of hydrogen-bond acceptors (Lipinski definition) is 7. The number of hydrogen-bond donors (Lipinski definition) is 0. The van der Waals surface area contributed by atoms with Crippen molar-refractivity contribution in [3.63, 3.8) is 0 Å². The molecule has 9 heteroatoms. The van der Waals surface area contributed by atoms with Gasteiger partial charge in [-0.05, 0) is 26.8 Å². The molecule has 32 heavy (non-hydrogen) atoms. The Bertz CT molecular complexity index is 994. The predicted octanol–water partition coefficient (Wildman–Crippen LogP) is 2.60. The molecule has 174 valence electrons. The van der Waals surface area contributed by atoms with Crippen LogP contribution in [-0.4, -0.2) is 86.6 Å². The molecule has 0 radical (unpaired) electrons. The van der Waals surface area contributed by atoms with Crippen molar-refractivity contribution in [1.29, 1.82) is 0 Å². The second-order valence-electron chi connectivity index (χ2n) is 9.12. The number of allylic oxidation sites excluding steroid dienone is 1. The summed E-state index contributed by atoms with van der Waals surface area (Å²) >= 11 is 0.